The third kappa shape index (κ3) is 4.11. The second-order valence-corrected chi connectivity index (χ2v) is 6.65. The summed E-state index contributed by atoms with van der Waals surface area (Å²) in [6.45, 7) is 1.55. The van der Waals surface area contributed by atoms with E-state index >= 15 is 0 Å². The third-order valence-electron chi connectivity index (χ3n) is 4.34. The van der Waals surface area contributed by atoms with Crippen LogP contribution in [0.15, 0.2) is 60.3 Å². The van der Waals surface area contributed by atoms with Gasteiger partial charge in [-0.2, -0.15) is 0 Å². The largest absolute Gasteiger partial charge is 0.507 e. The summed E-state index contributed by atoms with van der Waals surface area (Å²) in [7, 11) is 0. The normalized spacial score (nSPS) is 16.9. The Balaban J connectivity index is 1.81. The van der Waals surface area contributed by atoms with E-state index in [1.165, 1.54) is 42.5 Å². The fraction of sp³-hybridized carbons (Fsp3) is 0.100. The minimum absolute atomic E-state index is 0.00200. The Morgan fingerprint density at radius 3 is 2.40 bits per heavy atom. The maximum atomic E-state index is 13.0. The van der Waals surface area contributed by atoms with Crippen LogP contribution < -0.4 is 21.1 Å². The molecule has 0 unspecified atom stereocenters. The van der Waals surface area contributed by atoms with Crippen molar-refractivity contribution in [1.29, 1.82) is 0 Å². The third-order valence-corrected chi connectivity index (χ3v) is 4.59. The van der Waals surface area contributed by atoms with Crippen LogP contribution in [0.4, 0.5) is 10.5 Å². The molecule has 1 saturated heterocycles. The van der Waals surface area contributed by atoms with Gasteiger partial charge in [0.1, 0.15) is 5.75 Å². The number of hydrogen-bond acceptors (Lipinski definition) is 6. The van der Waals surface area contributed by atoms with Crippen molar-refractivity contribution in [2.45, 2.75) is 6.92 Å². The first-order chi connectivity index (χ1) is 14.3. The number of rotatable bonds is 5. The summed E-state index contributed by atoms with van der Waals surface area (Å²) < 4.78 is 0. The molecule has 0 aromatic heterocycles. The van der Waals surface area contributed by atoms with Crippen LogP contribution >= 0.6 is 11.6 Å². The van der Waals surface area contributed by atoms with Crippen molar-refractivity contribution in [3.05, 3.63) is 70.9 Å². The minimum Gasteiger partial charge on any atom is -0.507 e. The number of nitrogens with one attached hydrogen (secondary N) is 3. The first-order valence-corrected chi connectivity index (χ1v) is 9.16. The number of phenols is 1. The highest BCUT2D eigenvalue weighted by Crippen LogP contribution is 2.25. The molecule has 9 nitrogen and oxygen atoms in total. The molecule has 0 aliphatic carbocycles. The number of anilines is 1. The van der Waals surface area contributed by atoms with Crippen LogP contribution in [-0.2, 0) is 9.59 Å². The minimum atomic E-state index is -1.41. The maximum Gasteiger partial charge on any atom is 0.335 e. The second-order valence-electron chi connectivity index (χ2n) is 6.22. The van der Waals surface area contributed by atoms with E-state index in [2.05, 4.69) is 16.2 Å². The zero-order chi connectivity index (χ0) is 21.8. The van der Waals surface area contributed by atoms with Gasteiger partial charge in [0.05, 0.1) is 11.3 Å². The van der Waals surface area contributed by atoms with Crippen LogP contribution in [0.1, 0.15) is 17.3 Å². The number of imide groups is 2. The molecular formula is C20H17ClN4O5. The number of carbonyl (C=O) groups is 4. The van der Waals surface area contributed by atoms with Crippen LogP contribution in [-0.4, -0.2) is 28.9 Å². The van der Waals surface area contributed by atoms with E-state index in [1.54, 1.807) is 19.1 Å². The summed E-state index contributed by atoms with van der Waals surface area (Å²) in [5.41, 5.74) is 5.14. The van der Waals surface area contributed by atoms with Crippen LogP contribution in [0, 0.1) is 5.92 Å². The predicted octanol–water partition coefficient (Wildman–Crippen LogP) is 2.08. The smallest absolute Gasteiger partial charge is 0.335 e. The number of aromatic hydroxyl groups is 1. The van der Waals surface area contributed by atoms with E-state index in [1.807, 2.05) is 0 Å². The number of hydrazine groups is 1. The van der Waals surface area contributed by atoms with Crippen LogP contribution in [0.25, 0.3) is 0 Å². The Bertz CT molecular complexity index is 1050. The molecule has 0 bridgehead atoms. The van der Waals surface area contributed by atoms with E-state index < -0.39 is 29.7 Å². The Morgan fingerprint density at radius 1 is 1.10 bits per heavy atom. The van der Waals surface area contributed by atoms with Gasteiger partial charge in [0.25, 0.3) is 11.8 Å². The molecule has 1 atom stereocenters. The molecule has 3 rings (SSSR count). The number of para-hydroxylation sites is 1. The molecule has 10 heteroatoms. The topological polar surface area (TPSA) is 128 Å². The molecule has 0 spiro atoms. The summed E-state index contributed by atoms with van der Waals surface area (Å²) in [4.78, 5) is 50.7. The fourth-order valence-corrected chi connectivity index (χ4v) is 2.98. The summed E-state index contributed by atoms with van der Waals surface area (Å²) in [6, 6.07) is 10.9. The molecule has 2 aromatic carbocycles. The molecule has 1 aliphatic heterocycles. The van der Waals surface area contributed by atoms with Gasteiger partial charge in [-0.15, -0.1) is 0 Å². The number of phenolic OH excluding ortho intramolecular Hbond substituents is 1. The van der Waals surface area contributed by atoms with Gasteiger partial charge in [0.2, 0.25) is 5.91 Å². The Hall–Kier alpha value is -3.85. The van der Waals surface area contributed by atoms with E-state index in [0.717, 1.165) is 4.90 Å². The lowest BCUT2D eigenvalue weighted by atomic mass is 10.00. The van der Waals surface area contributed by atoms with Crippen molar-refractivity contribution in [3.63, 3.8) is 0 Å². The summed E-state index contributed by atoms with van der Waals surface area (Å²) in [5, 5.41) is 12.3. The Morgan fingerprint density at radius 2 is 1.77 bits per heavy atom. The zero-order valence-electron chi connectivity index (χ0n) is 15.7. The number of urea groups is 1. The van der Waals surface area contributed by atoms with Gasteiger partial charge in [-0.1, -0.05) is 29.8 Å². The number of allylic oxidation sites excluding steroid dienone is 1. The average molecular weight is 429 g/mol. The molecule has 0 saturated carbocycles. The molecule has 1 heterocycles. The number of carbonyl (C=O) groups excluding carboxylic acids is 4. The monoisotopic (exact) mass is 428 g/mol. The summed E-state index contributed by atoms with van der Waals surface area (Å²) in [5.74, 6) is -3.96. The molecule has 1 aliphatic rings. The zero-order valence-corrected chi connectivity index (χ0v) is 16.4. The highest BCUT2D eigenvalue weighted by Gasteiger charge is 2.43. The molecule has 0 radical (unpaired) electrons. The molecule has 154 valence electrons. The number of amides is 5. The van der Waals surface area contributed by atoms with Crippen LogP contribution in [0.2, 0.25) is 5.02 Å². The highest BCUT2D eigenvalue weighted by molar-refractivity contribution is 6.31. The number of hydrogen-bond donors (Lipinski definition) is 4. The lowest BCUT2D eigenvalue weighted by Gasteiger charge is -2.31. The van der Waals surface area contributed by atoms with Gasteiger partial charge in [0, 0.05) is 10.7 Å². The molecule has 5 amide bonds. The van der Waals surface area contributed by atoms with Crippen molar-refractivity contribution < 1.29 is 24.3 Å². The van der Waals surface area contributed by atoms with E-state index in [4.69, 9.17) is 11.6 Å². The molecule has 2 aromatic rings. The Kier molecular flexibility index (Phi) is 6.03. The lowest BCUT2D eigenvalue weighted by Crippen LogP contribution is -2.60. The van der Waals surface area contributed by atoms with Gasteiger partial charge < -0.3 is 10.5 Å². The summed E-state index contributed by atoms with van der Waals surface area (Å²) >= 11 is 5.85. The van der Waals surface area contributed by atoms with Crippen molar-refractivity contribution >= 4 is 41.0 Å². The average Bonchev–Trinajstić information content (AvgIpc) is 2.71. The summed E-state index contributed by atoms with van der Waals surface area (Å²) in [6.07, 6.45) is 1.42. The molecule has 4 N–H and O–H groups in total. The first-order valence-electron chi connectivity index (χ1n) is 8.78. The fourth-order valence-electron chi connectivity index (χ4n) is 2.86. The molecular weight excluding hydrogens is 412 g/mol. The van der Waals surface area contributed by atoms with Crippen molar-refractivity contribution in [2.75, 3.05) is 4.90 Å². The Labute approximate surface area is 176 Å². The van der Waals surface area contributed by atoms with Gasteiger partial charge in [0.15, 0.2) is 5.92 Å². The number of benzene rings is 2. The number of halogens is 1. The van der Waals surface area contributed by atoms with E-state index in [-0.39, 0.29) is 22.7 Å². The molecule has 30 heavy (non-hydrogen) atoms. The first kappa shape index (κ1) is 20.9. The van der Waals surface area contributed by atoms with Gasteiger partial charge in [-0.05, 0) is 43.3 Å². The number of barbiturate groups is 1. The quantitative estimate of drug-likeness (QED) is 0.426. The highest BCUT2D eigenvalue weighted by atomic mass is 35.5. The van der Waals surface area contributed by atoms with Gasteiger partial charge in [-0.3, -0.25) is 25.1 Å². The lowest BCUT2D eigenvalue weighted by molar-refractivity contribution is -0.132. The number of nitrogens with zero attached hydrogens (tertiary/aromatic N) is 1. The SMILES string of the molecule is C/C=C(/NNC(=O)c1ccccc1O)[C@@H]1C(=O)NC(=O)N(c2ccc(Cl)cc2)C1=O. The van der Waals surface area contributed by atoms with Gasteiger partial charge >= 0.3 is 6.03 Å². The van der Waals surface area contributed by atoms with Crippen LogP contribution in [0.3, 0.4) is 0 Å². The standard InChI is InChI=1S/C20H17ClN4O5/c1-2-14(23-24-17(27)13-5-3-4-6-15(13)26)16-18(28)22-20(30)25(19(16)29)12-9-7-11(21)8-10-12/h2-10,16,23,26H,1H3,(H,24,27)(H,22,28,30)/b14-2+/t16-/m1/s1. The van der Waals surface area contributed by atoms with Crippen LogP contribution in [0.5, 0.6) is 5.75 Å². The second kappa shape index (κ2) is 8.66. The predicted molar refractivity (Wildman–Crippen MR) is 108 cm³/mol. The molecule has 1 fully saturated rings. The maximum absolute atomic E-state index is 13.0. The van der Waals surface area contributed by atoms with E-state index in [0.29, 0.717) is 5.02 Å². The van der Waals surface area contributed by atoms with Gasteiger partial charge in [-0.25, -0.2) is 9.69 Å². The van der Waals surface area contributed by atoms with Crippen molar-refractivity contribution in [2.24, 2.45) is 5.92 Å². The van der Waals surface area contributed by atoms with Crippen molar-refractivity contribution in [3.8, 4) is 5.75 Å². The van der Waals surface area contributed by atoms with E-state index in [9.17, 15) is 24.3 Å². The van der Waals surface area contributed by atoms with Crippen molar-refractivity contribution in [1.82, 2.24) is 16.2 Å².